The zero-order valence-electron chi connectivity index (χ0n) is 13.5. The number of thiophene rings is 1. The first-order valence-electron chi connectivity index (χ1n) is 8.11. The maximum absolute atomic E-state index is 3.76. The van der Waals surface area contributed by atoms with Crippen molar-refractivity contribution in [3.05, 3.63) is 21.4 Å². The van der Waals surface area contributed by atoms with Crippen molar-refractivity contribution < 1.29 is 0 Å². The topological polar surface area (TPSA) is 15.3 Å². The van der Waals surface area contributed by atoms with E-state index < -0.39 is 0 Å². The van der Waals surface area contributed by atoms with Crippen LogP contribution in [0.4, 0.5) is 0 Å². The molecule has 2 atom stereocenters. The molecule has 1 saturated heterocycles. The van der Waals surface area contributed by atoms with E-state index in [1.165, 1.54) is 54.2 Å². The van der Waals surface area contributed by atoms with Gasteiger partial charge in [0.05, 0.1) is 0 Å². The van der Waals surface area contributed by atoms with Gasteiger partial charge in [-0.15, -0.1) is 11.3 Å². The largest absolute Gasteiger partial charge is 0.309 e. The Labute approximate surface area is 128 Å². The number of hydrogen-bond donors (Lipinski definition) is 1. The van der Waals surface area contributed by atoms with Gasteiger partial charge in [0.15, 0.2) is 0 Å². The van der Waals surface area contributed by atoms with Crippen LogP contribution in [0, 0.1) is 19.8 Å². The summed E-state index contributed by atoms with van der Waals surface area (Å²) in [6, 6.07) is 2.96. The van der Waals surface area contributed by atoms with Gasteiger partial charge in [-0.25, -0.2) is 0 Å². The van der Waals surface area contributed by atoms with Gasteiger partial charge in [0, 0.05) is 28.9 Å². The Morgan fingerprint density at radius 2 is 2.25 bits per heavy atom. The molecule has 1 aromatic rings. The molecule has 0 spiro atoms. The van der Waals surface area contributed by atoms with Crippen LogP contribution in [0.2, 0.25) is 0 Å². The highest BCUT2D eigenvalue weighted by atomic mass is 32.1. The molecule has 0 radical (unpaired) electrons. The van der Waals surface area contributed by atoms with Crippen molar-refractivity contribution in [2.75, 3.05) is 19.6 Å². The standard InChI is InChI=1S/C17H30N2S/c1-5-8-19-9-6-7-16(12-19)14(3)18-11-17-10-13(2)15(4)20-17/h10,14,16,18H,5-9,11-12H2,1-4H3. The monoisotopic (exact) mass is 294 g/mol. The summed E-state index contributed by atoms with van der Waals surface area (Å²) >= 11 is 1.94. The van der Waals surface area contributed by atoms with Crippen LogP contribution in [0.3, 0.4) is 0 Å². The summed E-state index contributed by atoms with van der Waals surface area (Å²) in [5, 5.41) is 3.76. The maximum atomic E-state index is 3.76. The van der Waals surface area contributed by atoms with Crippen molar-refractivity contribution in [1.29, 1.82) is 0 Å². The summed E-state index contributed by atoms with van der Waals surface area (Å²) in [7, 11) is 0. The Kier molecular flexibility index (Phi) is 6.06. The summed E-state index contributed by atoms with van der Waals surface area (Å²) in [5.41, 5.74) is 1.44. The van der Waals surface area contributed by atoms with Crippen molar-refractivity contribution in [3.63, 3.8) is 0 Å². The molecular formula is C17H30N2S. The third-order valence-corrected chi connectivity index (χ3v) is 5.76. The normalized spacial score (nSPS) is 22.1. The maximum Gasteiger partial charge on any atom is 0.0302 e. The first-order chi connectivity index (χ1) is 9.60. The lowest BCUT2D eigenvalue weighted by atomic mass is 9.91. The van der Waals surface area contributed by atoms with Crippen molar-refractivity contribution in [2.24, 2.45) is 5.92 Å². The molecule has 0 aromatic carbocycles. The Morgan fingerprint density at radius 1 is 1.45 bits per heavy atom. The summed E-state index contributed by atoms with van der Waals surface area (Å²) in [6.45, 7) is 14.0. The molecule has 2 unspecified atom stereocenters. The number of nitrogens with zero attached hydrogens (tertiary/aromatic N) is 1. The van der Waals surface area contributed by atoms with Gasteiger partial charge in [0.1, 0.15) is 0 Å². The van der Waals surface area contributed by atoms with E-state index in [0.29, 0.717) is 6.04 Å². The van der Waals surface area contributed by atoms with E-state index in [1.807, 2.05) is 11.3 Å². The van der Waals surface area contributed by atoms with Gasteiger partial charge in [-0.2, -0.15) is 0 Å². The van der Waals surface area contributed by atoms with Crippen molar-refractivity contribution >= 4 is 11.3 Å². The average Bonchev–Trinajstić information content (AvgIpc) is 2.76. The quantitative estimate of drug-likeness (QED) is 0.854. The van der Waals surface area contributed by atoms with E-state index in [0.717, 1.165) is 12.5 Å². The number of aryl methyl sites for hydroxylation is 2. The molecule has 1 aromatic heterocycles. The van der Waals surface area contributed by atoms with Gasteiger partial charge in [0.25, 0.3) is 0 Å². The fraction of sp³-hybridized carbons (Fsp3) is 0.765. The molecular weight excluding hydrogens is 264 g/mol. The van der Waals surface area contributed by atoms with E-state index in [4.69, 9.17) is 0 Å². The molecule has 0 amide bonds. The van der Waals surface area contributed by atoms with Crippen LogP contribution in [0.25, 0.3) is 0 Å². The molecule has 1 N–H and O–H groups in total. The zero-order valence-corrected chi connectivity index (χ0v) is 14.4. The van der Waals surface area contributed by atoms with Crippen molar-refractivity contribution in [1.82, 2.24) is 10.2 Å². The summed E-state index contributed by atoms with van der Waals surface area (Å²) in [4.78, 5) is 5.58. The predicted octanol–water partition coefficient (Wildman–Crippen LogP) is 3.97. The Hall–Kier alpha value is -0.380. The second kappa shape index (κ2) is 7.58. The smallest absolute Gasteiger partial charge is 0.0302 e. The van der Waals surface area contributed by atoms with Crippen molar-refractivity contribution in [3.8, 4) is 0 Å². The molecule has 0 aliphatic carbocycles. The van der Waals surface area contributed by atoms with E-state index in [-0.39, 0.29) is 0 Å². The summed E-state index contributed by atoms with van der Waals surface area (Å²) in [6.07, 6.45) is 4.03. The SMILES string of the molecule is CCCN1CCCC(C(C)NCc2cc(C)c(C)s2)C1. The van der Waals surface area contributed by atoms with Gasteiger partial charge in [-0.05, 0) is 70.7 Å². The molecule has 0 saturated carbocycles. The van der Waals surface area contributed by atoms with Crippen LogP contribution < -0.4 is 5.32 Å². The van der Waals surface area contributed by atoms with Crippen molar-refractivity contribution in [2.45, 2.75) is 59.5 Å². The van der Waals surface area contributed by atoms with Gasteiger partial charge < -0.3 is 10.2 Å². The summed E-state index contributed by atoms with van der Waals surface area (Å²) < 4.78 is 0. The second-order valence-corrected chi connectivity index (χ2v) is 7.67. The van der Waals surface area contributed by atoms with E-state index >= 15 is 0 Å². The molecule has 2 rings (SSSR count). The zero-order chi connectivity index (χ0) is 14.5. The average molecular weight is 295 g/mol. The van der Waals surface area contributed by atoms with Crippen LogP contribution >= 0.6 is 11.3 Å². The highest BCUT2D eigenvalue weighted by Gasteiger charge is 2.23. The van der Waals surface area contributed by atoms with E-state index in [1.54, 1.807) is 0 Å². The third-order valence-electron chi connectivity index (χ3n) is 4.60. The summed E-state index contributed by atoms with van der Waals surface area (Å²) in [5.74, 6) is 0.817. The van der Waals surface area contributed by atoms with Gasteiger partial charge in [-0.3, -0.25) is 0 Å². The first kappa shape index (κ1) is 16.0. The fourth-order valence-corrected chi connectivity index (χ4v) is 4.19. The van der Waals surface area contributed by atoms with Gasteiger partial charge in [-0.1, -0.05) is 6.92 Å². The number of likely N-dealkylation sites (tertiary alicyclic amines) is 1. The highest BCUT2D eigenvalue weighted by molar-refractivity contribution is 7.12. The lowest BCUT2D eigenvalue weighted by Crippen LogP contribution is -2.44. The minimum atomic E-state index is 0.623. The second-order valence-electron chi connectivity index (χ2n) is 6.32. The highest BCUT2D eigenvalue weighted by Crippen LogP contribution is 2.23. The first-order valence-corrected chi connectivity index (χ1v) is 8.93. The molecule has 3 heteroatoms. The van der Waals surface area contributed by atoms with E-state index in [2.05, 4.69) is 44.0 Å². The lowest BCUT2D eigenvalue weighted by molar-refractivity contribution is 0.151. The van der Waals surface area contributed by atoms with Crippen LogP contribution in [-0.4, -0.2) is 30.6 Å². The molecule has 114 valence electrons. The Balaban J connectivity index is 1.80. The predicted molar refractivity (Wildman–Crippen MR) is 89.5 cm³/mol. The van der Waals surface area contributed by atoms with Crippen LogP contribution in [-0.2, 0) is 6.54 Å². The van der Waals surface area contributed by atoms with Gasteiger partial charge >= 0.3 is 0 Å². The van der Waals surface area contributed by atoms with Crippen LogP contribution in [0.5, 0.6) is 0 Å². The fourth-order valence-electron chi connectivity index (χ4n) is 3.18. The minimum absolute atomic E-state index is 0.623. The lowest BCUT2D eigenvalue weighted by Gasteiger charge is -2.36. The molecule has 0 bridgehead atoms. The number of hydrogen-bond acceptors (Lipinski definition) is 3. The van der Waals surface area contributed by atoms with Crippen LogP contribution in [0.1, 0.15) is 48.4 Å². The van der Waals surface area contributed by atoms with Gasteiger partial charge in [0.2, 0.25) is 0 Å². The number of piperidine rings is 1. The molecule has 2 nitrogen and oxygen atoms in total. The Bertz CT molecular complexity index is 392. The van der Waals surface area contributed by atoms with Crippen LogP contribution in [0.15, 0.2) is 6.07 Å². The third kappa shape index (κ3) is 4.31. The molecule has 2 heterocycles. The number of nitrogens with one attached hydrogen (secondary N) is 1. The Morgan fingerprint density at radius 3 is 2.90 bits per heavy atom. The number of rotatable bonds is 6. The molecule has 1 aliphatic heterocycles. The van der Waals surface area contributed by atoms with E-state index in [9.17, 15) is 0 Å². The molecule has 1 aliphatic rings. The molecule has 1 fully saturated rings. The minimum Gasteiger partial charge on any atom is -0.309 e. The molecule has 20 heavy (non-hydrogen) atoms.